The van der Waals surface area contributed by atoms with Crippen molar-refractivity contribution >= 4 is 35.2 Å². The van der Waals surface area contributed by atoms with Gasteiger partial charge in [-0.3, -0.25) is 19.2 Å². The summed E-state index contributed by atoms with van der Waals surface area (Å²) in [6.45, 7) is 8.29. The number of Topliss-reactive ketones (excluding diaryl/α,β-unsaturated/α-hetero) is 2. The number of amides is 1. The summed E-state index contributed by atoms with van der Waals surface area (Å²) in [4.78, 5) is 50.3. The Balaban J connectivity index is 2.39. The van der Waals surface area contributed by atoms with E-state index in [9.17, 15) is 19.2 Å². The van der Waals surface area contributed by atoms with Crippen LogP contribution in [0, 0.1) is 18.3 Å². The second-order valence-electron chi connectivity index (χ2n) is 12.4. The largest absolute Gasteiger partial charge is 0.461 e. The van der Waals surface area contributed by atoms with Gasteiger partial charge in [0.1, 0.15) is 25.6 Å². The van der Waals surface area contributed by atoms with E-state index in [2.05, 4.69) is 32.0 Å². The van der Waals surface area contributed by atoms with E-state index < -0.39 is 17.9 Å². The Morgan fingerprint density at radius 3 is 2.28 bits per heavy atom. The van der Waals surface area contributed by atoms with Crippen LogP contribution in [-0.4, -0.2) is 86.2 Å². The first-order valence-electron chi connectivity index (χ1n) is 16.6. The van der Waals surface area contributed by atoms with Gasteiger partial charge in [0.15, 0.2) is 5.78 Å². The van der Waals surface area contributed by atoms with E-state index in [0.717, 1.165) is 37.7 Å². The van der Waals surface area contributed by atoms with E-state index in [-0.39, 0.29) is 67.9 Å². The number of thioether (sulfide) groups is 1. The maximum Gasteiger partial charge on any atom is 0.306 e. The second kappa shape index (κ2) is 26.2. The number of terminal acetylenes is 1. The van der Waals surface area contributed by atoms with Crippen LogP contribution in [0.4, 0.5) is 0 Å². The van der Waals surface area contributed by atoms with Gasteiger partial charge in [0.05, 0.1) is 32.5 Å². The van der Waals surface area contributed by atoms with Crippen LogP contribution in [-0.2, 0) is 44.7 Å². The number of esters is 1. The molecule has 2 atom stereocenters. The molecular weight excluding hydrogens is 620 g/mol. The number of hydrogen-bond donors (Lipinski definition) is 2. The third-order valence-electron chi connectivity index (χ3n) is 6.99. The first-order chi connectivity index (χ1) is 22.5. The Morgan fingerprint density at radius 2 is 1.57 bits per heavy atom. The lowest BCUT2D eigenvalue weighted by Gasteiger charge is -2.20. The molecule has 11 heteroatoms. The number of nitrogens with two attached hydrogens (primary N) is 1. The van der Waals surface area contributed by atoms with Crippen molar-refractivity contribution in [3.05, 3.63) is 35.9 Å². The highest BCUT2D eigenvalue weighted by molar-refractivity contribution is 8.00. The fourth-order valence-electron chi connectivity index (χ4n) is 4.35. The van der Waals surface area contributed by atoms with Crippen molar-refractivity contribution in [1.29, 1.82) is 0 Å². The standard InChI is InChI=1S/C36H56N2O8S/c1-5-20-43-21-22-44-23-24-45-27-31(39)25-30(17-18-34(41)46-26-29-14-10-9-11-15-29)35(42)38-19-13-8-6-7-12-16-33(40)32(37)28-47-36(2,3)4/h1,9-11,14-15,30,32H,6-8,12-13,16-28,37H2,2-4H3,(H,38,42)/t30-,32-/m1/s1. The van der Waals surface area contributed by atoms with Crippen LogP contribution in [0.5, 0.6) is 0 Å². The van der Waals surface area contributed by atoms with Gasteiger partial charge in [0.25, 0.3) is 0 Å². The molecule has 0 bridgehead atoms. The molecule has 0 spiro atoms. The zero-order valence-corrected chi connectivity index (χ0v) is 29.4. The molecule has 47 heavy (non-hydrogen) atoms. The van der Waals surface area contributed by atoms with E-state index in [1.165, 1.54) is 0 Å². The van der Waals surface area contributed by atoms with Gasteiger partial charge in [-0.1, -0.05) is 76.3 Å². The van der Waals surface area contributed by atoms with Crippen LogP contribution in [0.25, 0.3) is 0 Å². The molecule has 1 rings (SSSR count). The van der Waals surface area contributed by atoms with E-state index in [0.29, 0.717) is 38.5 Å². The summed E-state index contributed by atoms with van der Waals surface area (Å²) in [5, 5.41) is 2.92. The topological polar surface area (TPSA) is 143 Å². The monoisotopic (exact) mass is 676 g/mol. The van der Waals surface area contributed by atoms with E-state index in [4.69, 9.17) is 31.1 Å². The Morgan fingerprint density at radius 1 is 0.915 bits per heavy atom. The van der Waals surface area contributed by atoms with Crippen LogP contribution >= 0.6 is 11.8 Å². The Bertz CT molecular complexity index is 1070. The predicted molar refractivity (Wildman–Crippen MR) is 186 cm³/mol. The predicted octanol–water partition coefficient (Wildman–Crippen LogP) is 4.65. The molecular formula is C36H56N2O8S. The van der Waals surface area contributed by atoms with Crippen molar-refractivity contribution in [2.24, 2.45) is 11.7 Å². The average molecular weight is 677 g/mol. The van der Waals surface area contributed by atoms with Crippen LogP contribution in [0.15, 0.2) is 30.3 Å². The van der Waals surface area contributed by atoms with Crippen molar-refractivity contribution in [3.8, 4) is 12.3 Å². The molecule has 0 radical (unpaired) electrons. The first kappa shape index (κ1) is 42.3. The van der Waals surface area contributed by atoms with Crippen LogP contribution < -0.4 is 11.1 Å². The Kier molecular flexibility index (Phi) is 23.6. The highest BCUT2D eigenvalue weighted by atomic mass is 32.2. The highest BCUT2D eigenvalue weighted by Gasteiger charge is 2.23. The van der Waals surface area contributed by atoms with Gasteiger partial charge in [-0.2, -0.15) is 11.8 Å². The molecule has 0 aliphatic heterocycles. The number of carbonyl (C=O) groups is 4. The second-order valence-corrected chi connectivity index (χ2v) is 14.2. The zero-order chi connectivity index (χ0) is 34.8. The summed E-state index contributed by atoms with van der Waals surface area (Å²) in [5.41, 5.74) is 6.92. The molecule has 0 aromatic heterocycles. The summed E-state index contributed by atoms with van der Waals surface area (Å²) in [7, 11) is 0. The van der Waals surface area contributed by atoms with Gasteiger partial charge in [-0.15, -0.1) is 6.42 Å². The van der Waals surface area contributed by atoms with Crippen molar-refractivity contribution in [2.45, 2.75) is 96.0 Å². The van der Waals surface area contributed by atoms with Gasteiger partial charge in [0, 0.05) is 42.2 Å². The molecule has 1 aromatic rings. The molecule has 0 saturated heterocycles. The summed E-state index contributed by atoms with van der Waals surface area (Å²) in [6.07, 6.45) is 10.1. The van der Waals surface area contributed by atoms with Crippen LogP contribution in [0.1, 0.15) is 84.1 Å². The summed E-state index contributed by atoms with van der Waals surface area (Å²) in [6, 6.07) is 8.93. The number of ether oxygens (including phenoxy) is 4. The smallest absolute Gasteiger partial charge is 0.306 e. The molecule has 0 unspecified atom stereocenters. The minimum Gasteiger partial charge on any atom is -0.461 e. The molecule has 0 heterocycles. The van der Waals surface area contributed by atoms with E-state index in [1.54, 1.807) is 11.8 Å². The summed E-state index contributed by atoms with van der Waals surface area (Å²) in [5.74, 6) is 1.52. The quantitative estimate of drug-likeness (QED) is 0.0731. The number of nitrogens with one attached hydrogen (secondary N) is 1. The van der Waals surface area contributed by atoms with Gasteiger partial charge < -0.3 is 30.0 Å². The van der Waals surface area contributed by atoms with Crippen molar-refractivity contribution in [2.75, 3.05) is 51.9 Å². The number of unbranched alkanes of at least 4 members (excludes halogenated alkanes) is 4. The number of carbonyl (C=O) groups excluding carboxylic acids is 4. The number of benzene rings is 1. The molecule has 0 aliphatic rings. The van der Waals surface area contributed by atoms with Gasteiger partial charge in [-0.25, -0.2) is 0 Å². The van der Waals surface area contributed by atoms with Crippen LogP contribution in [0.3, 0.4) is 0 Å². The summed E-state index contributed by atoms with van der Waals surface area (Å²) < 4.78 is 21.3. The zero-order valence-electron chi connectivity index (χ0n) is 28.6. The highest BCUT2D eigenvalue weighted by Crippen LogP contribution is 2.24. The maximum atomic E-state index is 13.0. The molecule has 10 nitrogen and oxygen atoms in total. The minimum absolute atomic E-state index is 0.0198. The van der Waals surface area contributed by atoms with Crippen molar-refractivity contribution in [1.82, 2.24) is 5.32 Å². The van der Waals surface area contributed by atoms with Crippen molar-refractivity contribution < 1.29 is 38.1 Å². The fourth-order valence-corrected chi connectivity index (χ4v) is 5.21. The lowest BCUT2D eigenvalue weighted by Crippen LogP contribution is -2.34. The average Bonchev–Trinajstić information content (AvgIpc) is 3.04. The number of ketones is 2. The van der Waals surface area contributed by atoms with Crippen LogP contribution in [0.2, 0.25) is 0 Å². The Labute approximate surface area is 285 Å². The van der Waals surface area contributed by atoms with Gasteiger partial charge >= 0.3 is 5.97 Å². The molecule has 1 aromatic carbocycles. The minimum atomic E-state index is -0.674. The molecule has 0 fully saturated rings. The lowest BCUT2D eigenvalue weighted by atomic mass is 9.96. The molecule has 3 N–H and O–H groups in total. The maximum absolute atomic E-state index is 13.0. The van der Waals surface area contributed by atoms with Gasteiger partial charge in [-0.05, 0) is 24.8 Å². The third kappa shape index (κ3) is 24.1. The molecule has 0 aliphatic carbocycles. The van der Waals surface area contributed by atoms with E-state index >= 15 is 0 Å². The van der Waals surface area contributed by atoms with Crippen molar-refractivity contribution in [3.63, 3.8) is 0 Å². The van der Waals surface area contributed by atoms with Gasteiger partial charge in [0.2, 0.25) is 5.91 Å². The Hall–Kier alpha value is -2.75. The molecule has 0 saturated carbocycles. The molecule has 1 amide bonds. The number of rotatable bonds is 28. The fraction of sp³-hybridized carbons (Fsp3) is 0.667. The normalized spacial score (nSPS) is 12.6. The third-order valence-corrected chi connectivity index (χ3v) is 8.38. The van der Waals surface area contributed by atoms with E-state index in [1.807, 2.05) is 30.3 Å². The first-order valence-corrected chi connectivity index (χ1v) is 17.6. The molecule has 264 valence electrons. The lowest BCUT2D eigenvalue weighted by molar-refractivity contribution is -0.145. The number of hydrogen-bond acceptors (Lipinski definition) is 10. The summed E-state index contributed by atoms with van der Waals surface area (Å²) >= 11 is 1.70. The SMILES string of the molecule is C#CCOCCOCCOCC(=O)C[C@@H](CCC(=O)OCc1ccccc1)C(=O)NCCCCCCCC(=O)[C@H](N)CSC(C)(C)C.